The molecule has 1 aromatic carbocycles. The highest BCUT2D eigenvalue weighted by Gasteiger charge is 2.79. The van der Waals surface area contributed by atoms with Gasteiger partial charge in [0.05, 0.1) is 6.42 Å². The van der Waals surface area contributed by atoms with Crippen LogP contribution < -0.4 is 9.47 Å². The Morgan fingerprint density at radius 3 is 1.10 bits per heavy atom. The van der Waals surface area contributed by atoms with Gasteiger partial charge in [0.2, 0.25) is 0 Å². The summed E-state index contributed by atoms with van der Waals surface area (Å²) in [4.78, 5) is 45.7. The van der Waals surface area contributed by atoms with E-state index in [0.717, 1.165) is 0 Å². The molecule has 0 unspecified atom stereocenters. The van der Waals surface area contributed by atoms with Gasteiger partial charge < -0.3 is 14.2 Å². The van der Waals surface area contributed by atoms with Gasteiger partial charge in [-0.2, -0.15) is 92.2 Å². The smallest absolute Gasteiger partial charge is 0.418 e. The van der Waals surface area contributed by atoms with E-state index in [1.807, 2.05) is 0 Å². The highest BCUT2D eigenvalue weighted by Crippen LogP contribution is 2.50. The summed E-state index contributed by atoms with van der Waals surface area (Å²) in [6, 6.07) is -0.994. The minimum absolute atomic E-state index is 0.0728. The first-order valence-corrected chi connectivity index (χ1v) is 10.7. The maximum atomic E-state index is 13.7. The molecule has 0 radical (unpaired) electrons. The van der Waals surface area contributed by atoms with Crippen molar-refractivity contribution in [1.82, 2.24) is 0 Å². The van der Waals surface area contributed by atoms with E-state index in [-0.39, 0.29) is 6.07 Å². The van der Waals surface area contributed by atoms with Crippen molar-refractivity contribution in [2.24, 2.45) is 0 Å². The van der Waals surface area contributed by atoms with Gasteiger partial charge in [-0.3, -0.25) is 4.79 Å². The molecule has 1 aromatic rings. The molecule has 0 saturated heterocycles. The lowest BCUT2D eigenvalue weighted by Gasteiger charge is -2.27. The number of alkyl halides is 21. The summed E-state index contributed by atoms with van der Waals surface area (Å²) in [6.45, 7) is 0. The number of carbonyl (C=O) groups is 4. The molecule has 0 aliphatic carbocycles. The molecule has 0 saturated carbocycles. The minimum Gasteiger partial charge on any atom is -0.418 e. The molecule has 1 rings (SSSR count). The number of hydrogen-bond acceptors (Lipinski definition) is 7. The monoisotopic (exact) mass is 756 g/mol. The van der Waals surface area contributed by atoms with Crippen LogP contribution in [0, 0.1) is 0 Å². The quantitative estimate of drug-likeness (QED) is 0.115. The Hall–Kier alpha value is -4.17. The second-order valence-corrected chi connectivity index (χ2v) is 8.44. The van der Waals surface area contributed by atoms with E-state index in [1.54, 1.807) is 0 Å². The van der Waals surface area contributed by atoms with E-state index in [1.165, 1.54) is 0 Å². The molecule has 0 heterocycles. The minimum atomic E-state index is -7.39. The van der Waals surface area contributed by atoms with Crippen LogP contribution in [0.4, 0.5) is 92.2 Å². The summed E-state index contributed by atoms with van der Waals surface area (Å²) in [6.07, 6.45) is -23.8. The average Bonchev–Trinajstić information content (AvgIpc) is 2.87. The van der Waals surface area contributed by atoms with E-state index in [9.17, 15) is 111 Å². The number of carbonyl (C=O) groups excluding carboxylic acids is 4. The van der Waals surface area contributed by atoms with Gasteiger partial charge in [-0.05, 0) is 17.7 Å². The van der Waals surface area contributed by atoms with E-state index in [4.69, 9.17) is 0 Å². The van der Waals surface area contributed by atoms with Gasteiger partial charge in [0.25, 0.3) is 0 Å². The van der Waals surface area contributed by atoms with Crippen molar-refractivity contribution in [1.29, 1.82) is 0 Å². The first-order valence-electron chi connectivity index (χ1n) is 10.7. The topological polar surface area (TPSA) is 96.0 Å². The second-order valence-electron chi connectivity index (χ2n) is 8.44. The number of benzene rings is 1. The molecule has 48 heavy (non-hydrogen) atoms. The number of rotatable bonds is 10. The Bertz CT molecular complexity index is 1420. The molecule has 0 atom stereocenters. The molecule has 0 amide bonds. The third kappa shape index (κ3) is 7.44. The molecule has 0 spiro atoms. The van der Waals surface area contributed by atoms with Crippen LogP contribution in [-0.2, 0) is 30.3 Å². The summed E-state index contributed by atoms with van der Waals surface area (Å²) in [5.74, 6) is -62.4. The fourth-order valence-corrected chi connectivity index (χ4v) is 2.44. The highest BCUT2D eigenvalue weighted by molar-refractivity contribution is 5.91. The summed E-state index contributed by atoms with van der Waals surface area (Å²) < 4.78 is 280. The van der Waals surface area contributed by atoms with Crippen molar-refractivity contribution >= 4 is 23.9 Å². The van der Waals surface area contributed by atoms with E-state index in [0.29, 0.717) is 0 Å². The summed E-state index contributed by atoms with van der Waals surface area (Å²) in [5.41, 5.74) is -1.39. The standard InChI is InChI=1S/C20H5F21O7/c21-12(22,15(27,28)18(33,34)35)9(43)46-6-2-1-5(3-7(6)47-10(44)13(23,24)16(29,30)19(36,37)38)4-8(42)48-11(45)14(25,26)17(31,32)20(39,40)41/h1-3H,4H2. The summed E-state index contributed by atoms with van der Waals surface area (Å²) >= 11 is 0. The van der Waals surface area contributed by atoms with Crippen molar-refractivity contribution in [3.63, 3.8) is 0 Å². The molecule has 0 N–H and O–H groups in total. The maximum absolute atomic E-state index is 13.7. The van der Waals surface area contributed by atoms with Crippen LogP contribution in [0.2, 0.25) is 0 Å². The zero-order chi connectivity index (χ0) is 38.5. The highest BCUT2D eigenvalue weighted by atomic mass is 19.4. The summed E-state index contributed by atoms with van der Waals surface area (Å²) in [5, 5.41) is 0. The molecule has 0 aromatic heterocycles. The van der Waals surface area contributed by atoms with Crippen LogP contribution >= 0.6 is 0 Å². The molecule has 7 nitrogen and oxygen atoms in total. The lowest BCUT2D eigenvalue weighted by molar-refractivity contribution is -0.347. The number of esters is 4. The largest absolute Gasteiger partial charge is 0.460 e. The third-order valence-corrected chi connectivity index (χ3v) is 4.99. The maximum Gasteiger partial charge on any atom is 0.460 e. The van der Waals surface area contributed by atoms with Gasteiger partial charge >= 0.3 is 77.9 Å². The second kappa shape index (κ2) is 12.4. The fourth-order valence-electron chi connectivity index (χ4n) is 2.44. The van der Waals surface area contributed by atoms with E-state index in [2.05, 4.69) is 14.2 Å². The molecular formula is C20H5F21O7. The fraction of sp³-hybridized carbons (Fsp3) is 0.500. The van der Waals surface area contributed by atoms with Crippen LogP contribution in [0.25, 0.3) is 0 Å². The Labute approximate surface area is 246 Å². The van der Waals surface area contributed by atoms with Crippen LogP contribution in [-0.4, -0.2) is 77.9 Å². The molecule has 0 fully saturated rings. The number of hydrogen-bond donors (Lipinski definition) is 0. The molecule has 274 valence electrons. The van der Waals surface area contributed by atoms with E-state index < -0.39 is 114 Å². The van der Waals surface area contributed by atoms with Gasteiger partial charge in [-0.1, -0.05) is 6.07 Å². The Morgan fingerprint density at radius 1 is 0.458 bits per heavy atom. The molecular weight excluding hydrogens is 751 g/mol. The lowest BCUT2D eigenvalue weighted by Crippen LogP contribution is -2.57. The van der Waals surface area contributed by atoms with Crippen LogP contribution in [0.1, 0.15) is 5.56 Å². The summed E-state index contributed by atoms with van der Waals surface area (Å²) in [7, 11) is 0. The van der Waals surface area contributed by atoms with Gasteiger partial charge in [-0.25, -0.2) is 14.4 Å². The van der Waals surface area contributed by atoms with Gasteiger partial charge in [0, 0.05) is 0 Å². The van der Waals surface area contributed by atoms with E-state index >= 15 is 0 Å². The lowest BCUT2D eigenvalue weighted by atomic mass is 10.1. The Morgan fingerprint density at radius 2 is 0.771 bits per heavy atom. The van der Waals surface area contributed by atoms with Gasteiger partial charge in [-0.15, -0.1) is 0 Å². The van der Waals surface area contributed by atoms with Gasteiger partial charge in [0.15, 0.2) is 11.5 Å². The molecule has 0 aliphatic rings. The number of ether oxygens (including phenoxy) is 3. The third-order valence-electron chi connectivity index (χ3n) is 4.99. The van der Waals surface area contributed by atoms with Crippen LogP contribution in [0.3, 0.4) is 0 Å². The first kappa shape index (κ1) is 41.9. The predicted molar refractivity (Wildman–Crippen MR) is 100 cm³/mol. The van der Waals surface area contributed by atoms with Crippen molar-refractivity contribution in [2.75, 3.05) is 0 Å². The average molecular weight is 756 g/mol. The molecule has 0 aliphatic heterocycles. The Kier molecular flexibility index (Phi) is 10.8. The van der Waals surface area contributed by atoms with Crippen LogP contribution in [0.15, 0.2) is 18.2 Å². The zero-order valence-corrected chi connectivity index (χ0v) is 21.2. The SMILES string of the molecule is O=C(Cc1ccc(OC(=O)C(F)(F)C(F)(F)C(F)(F)F)c(OC(=O)C(F)(F)C(F)(F)C(F)(F)F)c1)OC(=O)C(F)(F)C(F)(F)C(F)(F)F. The first-order chi connectivity index (χ1) is 20.9. The molecule has 0 bridgehead atoms. The predicted octanol–water partition coefficient (Wildman–Crippen LogP) is 6.61. The van der Waals surface area contributed by atoms with Gasteiger partial charge in [0.1, 0.15) is 0 Å². The van der Waals surface area contributed by atoms with Crippen LogP contribution in [0.5, 0.6) is 11.5 Å². The Balaban J connectivity index is 3.61. The van der Waals surface area contributed by atoms with Crippen molar-refractivity contribution in [2.45, 2.75) is 60.5 Å². The normalized spacial score (nSPS) is 14.4. The molecule has 28 heteroatoms. The van der Waals surface area contributed by atoms with Crippen molar-refractivity contribution in [3.8, 4) is 11.5 Å². The van der Waals surface area contributed by atoms with Crippen molar-refractivity contribution < 1.29 is 126 Å². The zero-order valence-electron chi connectivity index (χ0n) is 21.2. The van der Waals surface area contributed by atoms with Crippen molar-refractivity contribution in [3.05, 3.63) is 23.8 Å². The number of halogens is 21.